The molecule has 0 spiro atoms. The molecule has 1 atom stereocenters. The van der Waals surface area contributed by atoms with E-state index in [0.29, 0.717) is 29.4 Å². The first-order valence-electron chi connectivity index (χ1n) is 11.3. The van der Waals surface area contributed by atoms with Gasteiger partial charge in [-0.2, -0.15) is 0 Å². The van der Waals surface area contributed by atoms with E-state index in [-0.39, 0.29) is 12.4 Å². The standard InChI is InChI=1S/C28H24FN3O3/c1-3-24-17-20(12-13-30-24)25-11-6-19(16-26(25)34-2)15-21-5-4-14-32-27(21)31-35-28(32,18-33)22-7-9-23(29)10-8-22/h1,6-13,15-17,33H,4-5,14,18H2,2H3. The van der Waals surface area contributed by atoms with Gasteiger partial charge in [-0.1, -0.05) is 23.2 Å². The predicted molar refractivity (Wildman–Crippen MR) is 132 cm³/mol. The van der Waals surface area contributed by atoms with Crippen LogP contribution < -0.4 is 4.74 Å². The zero-order valence-electron chi connectivity index (χ0n) is 19.2. The van der Waals surface area contributed by atoms with E-state index >= 15 is 0 Å². The lowest BCUT2D eigenvalue weighted by Gasteiger charge is -2.38. The second-order valence-electron chi connectivity index (χ2n) is 8.41. The Morgan fingerprint density at radius 1 is 1.23 bits per heavy atom. The average Bonchev–Trinajstić information content (AvgIpc) is 3.30. The molecule has 35 heavy (non-hydrogen) atoms. The number of hydrogen-bond acceptors (Lipinski definition) is 6. The van der Waals surface area contributed by atoms with Gasteiger partial charge in [0.1, 0.15) is 23.9 Å². The van der Waals surface area contributed by atoms with Crippen molar-refractivity contribution < 1.29 is 19.1 Å². The second kappa shape index (κ2) is 9.24. The third-order valence-corrected chi connectivity index (χ3v) is 6.38. The van der Waals surface area contributed by atoms with Gasteiger partial charge in [0.05, 0.1) is 7.11 Å². The number of amidine groups is 1. The Morgan fingerprint density at radius 2 is 2.06 bits per heavy atom. The first-order chi connectivity index (χ1) is 17.1. The predicted octanol–water partition coefficient (Wildman–Crippen LogP) is 4.55. The van der Waals surface area contributed by atoms with E-state index in [1.807, 2.05) is 35.2 Å². The van der Waals surface area contributed by atoms with Crippen molar-refractivity contribution in [3.05, 3.63) is 89.0 Å². The summed E-state index contributed by atoms with van der Waals surface area (Å²) < 4.78 is 19.2. The summed E-state index contributed by atoms with van der Waals surface area (Å²) >= 11 is 0. The Morgan fingerprint density at radius 3 is 2.80 bits per heavy atom. The molecule has 3 heterocycles. The smallest absolute Gasteiger partial charge is 0.260 e. The molecule has 1 unspecified atom stereocenters. The Bertz CT molecular complexity index is 1360. The number of aliphatic hydroxyl groups excluding tert-OH is 1. The highest BCUT2D eigenvalue weighted by Gasteiger charge is 2.49. The second-order valence-corrected chi connectivity index (χ2v) is 8.41. The minimum atomic E-state index is -1.17. The zero-order chi connectivity index (χ0) is 24.4. The largest absolute Gasteiger partial charge is 0.496 e. The number of pyridine rings is 1. The van der Waals surface area contributed by atoms with Crippen LogP contribution in [0.1, 0.15) is 29.7 Å². The Balaban J connectivity index is 1.47. The molecule has 6 nitrogen and oxygen atoms in total. The number of aliphatic hydroxyl groups is 1. The Kier molecular flexibility index (Phi) is 5.98. The van der Waals surface area contributed by atoms with Gasteiger partial charge in [0, 0.05) is 23.9 Å². The van der Waals surface area contributed by atoms with Crippen LogP contribution in [0.5, 0.6) is 5.75 Å². The number of oxime groups is 1. The van der Waals surface area contributed by atoms with Crippen LogP contribution in [0.2, 0.25) is 0 Å². The number of ether oxygens (including phenoxy) is 1. The van der Waals surface area contributed by atoms with Crippen molar-refractivity contribution in [3.8, 4) is 29.2 Å². The van der Waals surface area contributed by atoms with Crippen LogP contribution in [-0.2, 0) is 10.6 Å². The third kappa shape index (κ3) is 4.02. The fourth-order valence-electron chi connectivity index (χ4n) is 4.62. The Labute approximate surface area is 203 Å². The van der Waals surface area contributed by atoms with Gasteiger partial charge in [0.2, 0.25) is 0 Å². The number of aromatic nitrogens is 1. The summed E-state index contributed by atoms with van der Waals surface area (Å²) in [5.41, 5.74) is 3.81. The molecule has 0 amide bonds. The molecule has 2 aliphatic rings. The highest BCUT2D eigenvalue weighted by atomic mass is 19.1. The monoisotopic (exact) mass is 469 g/mol. The van der Waals surface area contributed by atoms with Crippen LogP contribution >= 0.6 is 0 Å². The lowest BCUT2D eigenvalue weighted by molar-refractivity contribution is -0.137. The summed E-state index contributed by atoms with van der Waals surface area (Å²) in [5.74, 6) is 3.59. The maximum Gasteiger partial charge on any atom is 0.260 e. The topological polar surface area (TPSA) is 67.2 Å². The normalized spacial score (nSPS) is 20.1. The van der Waals surface area contributed by atoms with Gasteiger partial charge in [-0.05, 0) is 78.1 Å². The lowest BCUT2D eigenvalue weighted by atomic mass is 9.94. The van der Waals surface area contributed by atoms with E-state index < -0.39 is 5.72 Å². The minimum absolute atomic E-state index is 0.312. The number of terminal acetylenes is 1. The molecule has 2 aromatic carbocycles. The summed E-state index contributed by atoms with van der Waals surface area (Å²) in [6.07, 6.45) is 10.9. The number of piperidine rings is 1. The number of methoxy groups -OCH3 is 1. The lowest BCUT2D eigenvalue weighted by Crippen LogP contribution is -2.51. The van der Waals surface area contributed by atoms with Crippen molar-refractivity contribution in [2.75, 3.05) is 20.3 Å². The van der Waals surface area contributed by atoms with Crippen LogP contribution in [0.3, 0.4) is 0 Å². The average molecular weight is 470 g/mol. The first-order valence-corrected chi connectivity index (χ1v) is 11.3. The highest BCUT2D eigenvalue weighted by molar-refractivity contribution is 6.03. The van der Waals surface area contributed by atoms with Gasteiger partial charge in [-0.3, -0.25) is 0 Å². The van der Waals surface area contributed by atoms with Crippen molar-refractivity contribution in [3.63, 3.8) is 0 Å². The van der Waals surface area contributed by atoms with Crippen molar-refractivity contribution in [1.29, 1.82) is 0 Å². The van der Waals surface area contributed by atoms with Crippen LogP contribution in [0, 0.1) is 18.2 Å². The van der Waals surface area contributed by atoms with E-state index in [1.165, 1.54) is 12.1 Å². The number of rotatable bonds is 5. The van der Waals surface area contributed by atoms with E-state index in [9.17, 15) is 9.50 Å². The third-order valence-electron chi connectivity index (χ3n) is 6.38. The fourth-order valence-corrected chi connectivity index (χ4v) is 4.62. The molecule has 7 heteroatoms. The summed E-state index contributed by atoms with van der Waals surface area (Å²) in [4.78, 5) is 11.9. The van der Waals surface area contributed by atoms with Gasteiger partial charge in [-0.25, -0.2) is 9.37 Å². The fraction of sp³-hybridized carbons (Fsp3) is 0.214. The molecule has 0 bridgehead atoms. The molecule has 0 aliphatic carbocycles. The van der Waals surface area contributed by atoms with Crippen molar-refractivity contribution in [2.24, 2.45) is 5.16 Å². The highest BCUT2D eigenvalue weighted by Crippen LogP contribution is 2.40. The number of hydrogen-bond donors (Lipinski definition) is 1. The summed E-state index contributed by atoms with van der Waals surface area (Å²) in [5, 5.41) is 14.7. The Hall–Kier alpha value is -4.15. The summed E-state index contributed by atoms with van der Waals surface area (Å²) in [6.45, 7) is 0.350. The van der Waals surface area contributed by atoms with Gasteiger partial charge >= 0.3 is 0 Å². The molecule has 0 saturated carbocycles. The molecule has 1 aromatic heterocycles. The maximum absolute atomic E-state index is 13.5. The molecule has 2 aliphatic heterocycles. The van der Waals surface area contributed by atoms with Crippen LogP contribution in [0.4, 0.5) is 4.39 Å². The molecule has 1 fully saturated rings. The number of fused-ring (bicyclic) bond motifs is 1. The molecular weight excluding hydrogens is 445 g/mol. The van der Waals surface area contributed by atoms with E-state index in [0.717, 1.165) is 35.1 Å². The molecule has 176 valence electrons. The van der Waals surface area contributed by atoms with E-state index in [2.05, 4.69) is 22.1 Å². The molecule has 0 radical (unpaired) electrons. The molecular formula is C28H24FN3O3. The number of nitrogens with zero attached hydrogens (tertiary/aromatic N) is 3. The number of halogens is 1. The van der Waals surface area contributed by atoms with Crippen molar-refractivity contribution in [1.82, 2.24) is 9.88 Å². The summed E-state index contributed by atoms with van der Waals surface area (Å²) in [7, 11) is 1.63. The van der Waals surface area contributed by atoms with Crippen LogP contribution in [-0.4, -0.2) is 41.1 Å². The minimum Gasteiger partial charge on any atom is -0.496 e. The molecule has 5 rings (SSSR count). The SMILES string of the molecule is C#Cc1cc(-c2ccc(C=C3CCCN4C3=NOC4(CO)c3ccc(F)cc3)cc2OC)ccn1. The van der Waals surface area contributed by atoms with Gasteiger partial charge in [0.25, 0.3) is 5.72 Å². The van der Waals surface area contributed by atoms with Crippen LogP contribution in [0.25, 0.3) is 17.2 Å². The van der Waals surface area contributed by atoms with Gasteiger partial charge in [-0.15, -0.1) is 6.42 Å². The van der Waals surface area contributed by atoms with Crippen molar-refractivity contribution >= 4 is 11.9 Å². The van der Waals surface area contributed by atoms with Gasteiger partial charge < -0.3 is 19.6 Å². The summed E-state index contributed by atoms with van der Waals surface area (Å²) in [6, 6.07) is 15.7. The molecule has 3 aromatic rings. The quantitative estimate of drug-likeness (QED) is 0.556. The van der Waals surface area contributed by atoms with Crippen molar-refractivity contribution in [2.45, 2.75) is 18.6 Å². The molecule has 1 saturated heterocycles. The van der Waals surface area contributed by atoms with Crippen LogP contribution in [0.15, 0.2) is 71.5 Å². The molecule has 1 N–H and O–H groups in total. The zero-order valence-corrected chi connectivity index (χ0v) is 19.2. The van der Waals surface area contributed by atoms with E-state index in [1.54, 1.807) is 25.4 Å². The van der Waals surface area contributed by atoms with Gasteiger partial charge in [0.15, 0.2) is 5.84 Å². The first kappa shape index (κ1) is 22.6. The number of benzene rings is 2. The maximum atomic E-state index is 13.5. The van der Waals surface area contributed by atoms with E-state index in [4.69, 9.17) is 16.0 Å².